The molecule has 0 aliphatic heterocycles. The number of amidine groups is 1. The van der Waals surface area contributed by atoms with Crippen molar-refractivity contribution in [1.82, 2.24) is 0 Å². The maximum atomic E-state index is 13.3. The minimum absolute atomic E-state index is 0.0210. The zero-order valence-electron chi connectivity index (χ0n) is 7.55. The molecule has 0 fully saturated rings. The second kappa shape index (κ2) is 3.61. The van der Waals surface area contributed by atoms with Crippen molar-refractivity contribution in [2.75, 3.05) is 7.11 Å². The SMILES string of the molecule is COc1ccccc1C(F)(F)C(=N)N. The number of para-hydroxylation sites is 1. The Balaban J connectivity index is 3.24. The van der Waals surface area contributed by atoms with Crippen LogP contribution in [-0.2, 0) is 5.92 Å². The van der Waals surface area contributed by atoms with Crippen LogP contribution in [0.3, 0.4) is 0 Å². The third-order valence-corrected chi connectivity index (χ3v) is 1.78. The fourth-order valence-electron chi connectivity index (χ4n) is 1.05. The summed E-state index contributed by atoms with van der Waals surface area (Å²) in [5, 5.41) is 6.78. The highest BCUT2D eigenvalue weighted by Crippen LogP contribution is 2.34. The van der Waals surface area contributed by atoms with E-state index in [-0.39, 0.29) is 5.75 Å². The van der Waals surface area contributed by atoms with Crippen LogP contribution in [0.25, 0.3) is 0 Å². The van der Waals surface area contributed by atoms with Crippen molar-refractivity contribution in [3.05, 3.63) is 29.8 Å². The normalized spacial score (nSPS) is 11.1. The Morgan fingerprint density at radius 3 is 2.50 bits per heavy atom. The Morgan fingerprint density at radius 2 is 2.00 bits per heavy atom. The number of nitrogens with two attached hydrogens (primary N) is 1. The molecule has 0 atom stereocenters. The van der Waals surface area contributed by atoms with Gasteiger partial charge in [0.05, 0.1) is 12.7 Å². The molecule has 0 saturated carbocycles. The lowest BCUT2D eigenvalue weighted by molar-refractivity contribution is 0.0704. The fourth-order valence-corrected chi connectivity index (χ4v) is 1.05. The van der Waals surface area contributed by atoms with Crippen molar-refractivity contribution in [3.8, 4) is 5.75 Å². The lowest BCUT2D eigenvalue weighted by atomic mass is 10.1. The lowest BCUT2D eigenvalue weighted by Crippen LogP contribution is -2.32. The molecular weight excluding hydrogens is 190 g/mol. The zero-order valence-corrected chi connectivity index (χ0v) is 7.55. The average Bonchev–Trinajstić information content (AvgIpc) is 2.17. The molecule has 14 heavy (non-hydrogen) atoms. The highest BCUT2D eigenvalue weighted by molar-refractivity contribution is 5.86. The third-order valence-electron chi connectivity index (χ3n) is 1.78. The van der Waals surface area contributed by atoms with Crippen LogP contribution in [0.5, 0.6) is 5.75 Å². The summed E-state index contributed by atoms with van der Waals surface area (Å²) in [6.45, 7) is 0. The second-order valence-electron chi connectivity index (χ2n) is 2.69. The van der Waals surface area contributed by atoms with Crippen LogP contribution in [-0.4, -0.2) is 12.9 Å². The van der Waals surface area contributed by atoms with E-state index in [2.05, 4.69) is 0 Å². The van der Waals surface area contributed by atoms with Crippen LogP contribution >= 0.6 is 0 Å². The van der Waals surface area contributed by atoms with E-state index in [9.17, 15) is 8.78 Å². The minimum Gasteiger partial charge on any atom is -0.496 e. The van der Waals surface area contributed by atoms with Crippen molar-refractivity contribution in [3.63, 3.8) is 0 Å². The smallest absolute Gasteiger partial charge is 0.332 e. The van der Waals surface area contributed by atoms with E-state index in [0.29, 0.717) is 0 Å². The van der Waals surface area contributed by atoms with Gasteiger partial charge < -0.3 is 10.5 Å². The molecule has 1 aromatic carbocycles. The van der Waals surface area contributed by atoms with Gasteiger partial charge >= 0.3 is 5.92 Å². The molecule has 3 nitrogen and oxygen atoms in total. The van der Waals surface area contributed by atoms with Crippen molar-refractivity contribution in [2.24, 2.45) is 5.73 Å². The minimum atomic E-state index is -3.48. The first-order chi connectivity index (χ1) is 6.50. The molecule has 3 N–H and O–H groups in total. The van der Waals surface area contributed by atoms with Gasteiger partial charge in [0.2, 0.25) is 0 Å². The van der Waals surface area contributed by atoms with Crippen molar-refractivity contribution in [1.29, 1.82) is 5.41 Å². The first kappa shape index (κ1) is 10.4. The van der Waals surface area contributed by atoms with Gasteiger partial charge in [-0.05, 0) is 12.1 Å². The molecule has 0 heterocycles. The van der Waals surface area contributed by atoms with E-state index in [0.717, 1.165) is 0 Å². The molecule has 0 amide bonds. The van der Waals surface area contributed by atoms with Crippen LogP contribution in [0.15, 0.2) is 24.3 Å². The summed E-state index contributed by atoms with van der Waals surface area (Å²) in [5.74, 6) is -4.65. The summed E-state index contributed by atoms with van der Waals surface area (Å²) >= 11 is 0. The zero-order chi connectivity index (χ0) is 10.8. The highest BCUT2D eigenvalue weighted by Gasteiger charge is 2.38. The molecule has 0 spiro atoms. The lowest BCUT2D eigenvalue weighted by Gasteiger charge is -2.17. The van der Waals surface area contributed by atoms with Gasteiger partial charge in [-0.25, -0.2) is 0 Å². The molecule has 0 aliphatic carbocycles. The first-order valence-electron chi connectivity index (χ1n) is 3.86. The number of rotatable bonds is 3. The molecule has 5 heteroatoms. The van der Waals surface area contributed by atoms with Gasteiger partial charge in [0.15, 0.2) is 5.84 Å². The van der Waals surface area contributed by atoms with E-state index >= 15 is 0 Å². The average molecular weight is 200 g/mol. The van der Waals surface area contributed by atoms with Crippen LogP contribution in [0.2, 0.25) is 0 Å². The Kier molecular flexibility index (Phi) is 2.69. The molecular formula is C9H10F2N2O. The molecule has 0 aliphatic rings. The van der Waals surface area contributed by atoms with Crippen molar-refractivity contribution >= 4 is 5.84 Å². The number of alkyl halides is 2. The fraction of sp³-hybridized carbons (Fsp3) is 0.222. The Hall–Kier alpha value is -1.65. The maximum absolute atomic E-state index is 13.3. The standard InChI is InChI=1S/C9H10F2N2O/c1-14-7-5-3-2-4-6(7)9(10,11)8(12)13/h2-5H,1H3,(H3,12,13). The van der Waals surface area contributed by atoms with E-state index in [1.807, 2.05) is 0 Å². The number of ether oxygens (including phenoxy) is 1. The highest BCUT2D eigenvalue weighted by atomic mass is 19.3. The van der Waals surface area contributed by atoms with Gasteiger partial charge in [-0.2, -0.15) is 8.78 Å². The first-order valence-corrected chi connectivity index (χ1v) is 3.86. The third kappa shape index (κ3) is 1.66. The van der Waals surface area contributed by atoms with Crippen LogP contribution in [0, 0.1) is 5.41 Å². The largest absolute Gasteiger partial charge is 0.496 e. The predicted octanol–water partition coefficient (Wildman–Crippen LogP) is 1.72. The maximum Gasteiger partial charge on any atom is 0.332 e. The van der Waals surface area contributed by atoms with E-state index in [1.54, 1.807) is 6.07 Å². The second-order valence-corrected chi connectivity index (χ2v) is 2.69. The predicted molar refractivity (Wildman–Crippen MR) is 48.8 cm³/mol. The molecule has 1 rings (SSSR count). The number of halogens is 2. The van der Waals surface area contributed by atoms with Crippen LogP contribution < -0.4 is 10.5 Å². The Bertz CT molecular complexity index is 352. The molecule has 0 bridgehead atoms. The molecule has 76 valence electrons. The van der Waals surface area contributed by atoms with Gasteiger partial charge in [0, 0.05) is 0 Å². The Labute approximate surface area is 80.0 Å². The van der Waals surface area contributed by atoms with Crippen molar-refractivity contribution in [2.45, 2.75) is 5.92 Å². The molecule has 0 aromatic heterocycles. The summed E-state index contributed by atoms with van der Waals surface area (Å²) < 4.78 is 31.3. The van der Waals surface area contributed by atoms with E-state index in [1.165, 1.54) is 25.3 Å². The molecule has 0 unspecified atom stereocenters. The van der Waals surface area contributed by atoms with Crippen LogP contribution in [0.1, 0.15) is 5.56 Å². The monoisotopic (exact) mass is 200 g/mol. The Morgan fingerprint density at radius 1 is 1.43 bits per heavy atom. The summed E-state index contributed by atoms with van der Waals surface area (Å²) in [4.78, 5) is 0. The van der Waals surface area contributed by atoms with Gasteiger partial charge in [-0.15, -0.1) is 0 Å². The van der Waals surface area contributed by atoms with Gasteiger partial charge in [-0.3, -0.25) is 5.41 Å². The molecule has 1 aromatic rings. The summed E-state index contributed by atoms with van der Waals surface area (Å²) in [6.07, 6.45) is 0. The van der Waals surface area contributed by atoms with E-state index < -0.39 is 17.3 Å². The topological polar surface area (TPSA) is 59.1 Å². The quantitative estimate of drug-likeness (QED) is 0.576. The number of methoxy groups -OCH3 is 1. The van der Waals surface area contributed by atoms with Crippen molar-refractivity contribution < 1.29 is 13.5 Å². The molecule has 0 saturated heterocycles. The number of hydrogen-bond acceptors (Lipinski definition) is 2. The van der Waals surface area contributed by atoms with Gasteiger partial charge in [0.1, 0.15) is 5.75 Å². The van der Waals surface area contributed by atoms with Gasteiger partial charge in [0.25, 0.3) is 0 Å². The summed E-state index contributed by atoms with van der Waals surface area (Å²) in [7, 11) is 1.29. The summed E-state index contributed by atoms with van der Waals surface area (Å²) in [6, 6.07) is 5.58. The van der Waals surface area contributed by atoms with Crippen LogP contribution in [0.4, 0.5) is 8.78 Å². The number of benzene rings is 1. The number of hydrogen-bond donors (Lipinski definition) is 2. The molecule has 0 radical (unpaired) electrons. The number of nitrogens with one attached hydrogen (secondary N) is 1. The van der Waals surface area contributed by atoms with Gasteiger partial charge in [-0.1, -0.05) is 12.1 Å². The summed E-state index contributed by atoms with van der Waals surface area (Å²) in [5.41, 5.74) is 4.41. The van der Waals surface area contributed by atoms with E-state index in [4.69, 9.17) is 15.9 Å².